The van der Waals surface area contributed by atoms with E-state index in [0.29, 0.717) is 23.9 Å². The van der Waals surface area contributed by atoms with Crippen LogP contribution in [0.15, 0.2) is 17.2 Å². The van der Waals surface area contributed by atoms with Gasteiger partial charge in [0, 0.05) is 31.5 Å². The minimum absolute atomic E-state index is 0.357. The SMILES string of the molecule is CCNCc1cc(S(=O)(=O)NCCC(C)C)cn1CC. The molecule has 0 bridgehead atoms. The van der Waals surface area contributed by atoms with Crippen LogP contribution >= 0.6 is 0 Å². The van der Waals surface area contributed by atoms with E-state index < -0.39 is 10.0 Å². The van der Waals surface area contributed by atoms with Gasteiger partial charge in [-0.1, -0.05) is 20.8 Å². The molecule has 1 aromatic heterocycles. The van der Waals surface area contributed by atoms with Crippen LogP contribution in [0.3, 0.4) is 0 Å². The van der Waals surface area contributed by atoms with Gasteiger partial charge >= 0.3 is 0 Å². The number of nitrogens with one attached hydrogen (secondary N) is 2. The van der Waals surface area contributed by atoms with Gasteiger partial charge in [0.1, 0.15) is 0 Å². The third-order valence-electron chi connectivity index (χ3n) is 3.18. The molecule has 0 amide bonds. The van der Waals surface area contributed by atoms with Crippen molar-refractivity contribution in [2.24, 2.45) is 5.92 Å². The lowest BCUT2D eigenvalue weighted by Gasteiger charge is -2.06. The molecule has 0 radical (unpaired) electrons. The molecule has 116 valence electrons. The molecule has 0 fully saturated rings. The van der Waals surface area contributed by atoms with E-state index in [1.54, 1.807) is 12.3 Å². The highest BCUT2D eigenvalue weighted by Gasteiger charge is 2.17. The Morgan fingerprint density at radius 2 is 2.00 bits per heavy atom. The Labute approximate surface area is 122 Å². The van der Waals surface area contributed by atoms with Crippen LogP contribution in [0.4, 0.5) is 0 Å². The van der Waals surface area contributed by atoms with Crippen LogP contribution in [-0.2, 0) is 23.1 Å². The standard InChI is InChI=1S/C14H27N3O2S/c1-5-15-10-13-9-14(11-17(13)6-2)20(18,19)16-8-7-12(3)4/h9,11-12,15-16H,5-8,10H2,1-4H3. The van der Waals surface area contributed by atoms with E-state index in [1.807, 2.05) is 18.4 Å². The predicted octanol–water partition coefficient (Wildman–Crippen LogP) is 1.94. The second kappa shape index (κ2) is 7.81. The summed E-state index contributed by atoms with van der Waals surface area (Å²) in [6.45, 7) is 11.0. The Morgan fingerprint density at radius 3 is 2.55 bits per heavy atom. The number of aryl methyl sites for hydroxylation is 1. The fraction of sp³-hybridized carbons (Fsp3) is 0.714. The molecule has 1 heterocycles. The van der Waals surface area contributed by atoms with E-state index in [0.717, 1.165) is 25.2 Å². The van der Waals surface area contributed by atoms with Gasteiger partial charge in [0.2, 0.25) is 10.0 Å². The van der Waals surface area contributed by atoms with Gasteiger partial charge in [0.15, 0.2) is 0 Å². The van der Waals surface area contributed by atoms with E-state index in [4.69, 9.17) is 0 Å². The van der Waals surface area contributed by atoms with E-state index >= 15 is 0 Å². The summed E-state index contributed by atoms with van der Waals surface area (Å²) in [4.78, 5) is 0.357. The Morgan fingerprint density at radius 1 is 1.30 bits per heavy atom. The first-order valence-corrected chi connectivity index (χ1v) is 8.78. The van der Waals surface area contributed by atoms with Gasteiger partial charge in [-0.05, 0) is 31.9 Å². The van der Waals surface area contributed by atoms with Crippen LogP contribution in [0.25, 0.3) is 0 Å². The Balaban J connectivity index is 2.81. The molecule has 0 saturated heterocycles. The van der Waals surface area contributed by atoms with Gasteiger partial charge in [0.05, 0.1) is 4.90 Å². The van der Waals surface area contributed by atoms with E-state index in [-0.39, 0.29) is 0 Å². The van der Waals surface area contributed by atoms with Crippen LogP contribution in [-0.4, -0.2) is 26.1 Å². The lowest BCUT2D eigenvalue weighted by molar-refractivity contribution is 0.551. The summed E-state index contributed by atoms with van der Waals surface area (Å²) in [6.07, 6.45) is 2.56. The van der Waals surface area contributed by atoms with E-state index in [2.05, 4.69) is 23.9 Å². The third-order valence-corrected chi connectivity index (χ3v) is 4.61. The van der Waals surface area contributed by atoms with Crippen molar-refractivity contribution < 1.29 is 8.42 Å². The van der Waals surface area contributed by atoms with Crippen molar-refractivity contribution in [1.82, 2.24) is 14.6 Å². The fourth-order valence-electron chi connectivity index (χ4n) is 1.93. The number of hydrogen-bond donors (Lipinski definition) is 2. The third kappa shape index (κ3) is 4.92. The van der Waals surface area contributed by atoms with Gasteiger partial charge in [-0.15, -0.1) is 0 Å². The summed E-state index contributed by atoms with van der Waals surface area (Å²) in [5, 5.41) is 3.23. The van der Waals surface area contributed by atoms with Crippen molar-refractivity contribution in [2.75, 3.05) is 13.1 Å². The molecule has 20 heavy (non-hydrogen) atoms. The highest BCUT2D eigenvalue weighted by molar-refractivity contribution is 7.89. The lowest BCUT2D eigenvalue weighted by atomic mass is 10.1. The zero-order valence-corrected chi connectivity index (χ0v) is 13.8. The quantitative estimate of drug-likeness (QED) is 0.733. The summed E-state index contributed by atoms with van der Waals surface area (Å²) in [5.41, 5.74) is 0.999. The Hall–Kier alpha value is -0.850. The minimum Gasteiger partial charge on any atom is -0.349 e. The van der Waals surface area contributed by atoms with Crippen molar-refractivity contribution >= 4 is 10.0 Å². The lowest BCUT2D eigenvalue weighted by Crippen LogP contribution is -2.25. The zero-order valence-electron chi connectivity index (χ0n) is 12.9. The average Bonchev–Trinajstić information content (AvgIpc) is 2.79. The van der Waals surface area contributed by atoms with Crippen molar-refractivity contribution in [1.29, 1.82) is 0 Å². The first-order chi connectivity index (χ1) is 9.40. The molecular weight excluding hydrogens is 274 g/mol. The minimum atomic E-state index is -3.39. The molecule has 0 saturated carbocycles. The predicted molar refractivity (Wildman–Crippen MR) is 82.1 cm³/mol. The van der Waals surface area contributed by atoms with Crippen molar-refractivity contribution in [2.45, 2.75) is 52.1 Å². The molecule has 0 aliphatic carbocycles. The normalized spacial score (nSPS) is 12.2. The van der Waals surface area contributed by atoms with Crippen LogP contribution in [0, 0.1) is 5.92 Å². The van der Waals surface area contributed by atoms with Crippen LogP contribution in [0.2, 0.25) is 0 Å². The summed E-state index contributed by atoms with van der Waals surface area (Å²) in [6, 6.07) is 1.75. The highest BCUT2D eigenvalue weighted by atomic mass is 32.2. The molecule has 0 aliphatic heterocycles. The summed E-state index contributed by atoms with van der Waals surface area (Å²) < 4.78 is 29.1. The number of nitrogens with zero attached hydrogens (tertiary/aromatic N) is 1. The monoisotopic (exact) mass is 301 g/mol. The summed E-state index contributed by atoms with van der Waals surface area (Å²) >= 11 is 0. The Kier molecular flexibility index (Phi) is 6.71. The average molecular weight is 301 g/mol. The number of rotatable bonds is 9. The number of aromatic nitrogens is 1. The number of hydrogen-bond acceptors (Lipinski definition) is 3. The molecule has 1 aromatic rings. The molecule has 0 aliphatic rings. The summed E-state index contributed by atoms with van der Waals surface area (Å²) in [5.74, 6) is 0.488. The van der Waals surface area contributed by atoms with E-state index in [1.165, 1.54) is 0 Å². The van der Waals surface area contributed by atoms with Crippen molar-refractivity contribution in [3.8, 4) is 0 Å². The summed E-state index contributed by atoms with van der Waals surface area (Å²) in [7, 11) is -3.39. The van der Waals surface area contributed by atoms with Crippen LogP contribution in [0.5, 0.6) is 0 Å². The molecule has 0 aromatic carbocycles. The van der Waals surface area contributed by atoms with E-state index in [9.17, 15) is 8.42 Å². The second-order valence-electron chi connectivity index (χ2n) is 5.31. The second-order valence-corrected chi connectivity index (χ2v) is 7.08. The fourth-order valence-corrected chi connectivity index (χ4v) is 3.04. The molecule has 0 atom stereocenters. The smallest absolute Gasteiger partial charge is 0.242 e. The van der Waals surface area contributed by atoms with Crippen molar-refractivity contribution in [3.63, 3.8) is 0 Å². The molecule has 0 spiro atoms. The van der Waals surface area contributed by atoms with Gasteiger partial charge < -0.3 is 9.88 Å². The van der Waals surface area contributed by atoms with Gasteiger partial charge in [-0.2, -0.15) is 0 Å². The largest absolute Gasteiger partial charge is 0.349 e. The van der Waals surface area contributed by atoms with Crippen LogP contribution < -0.4 is 10.0 Å². The molecule has 6 heteroatoms. The molecule has 2 N–H and O–H groups in total. The first-order valence-electron chi connectivity index (χ1n) is 7.30. The maximum Gasteiger partial charge on any atom is 0.242 e. The molecule has 1 rings (SSSR count). The topological polar surface area (TPSA) is 63.1 Å². The highest BCUT2D eigenvalue weighted by Crippen LogP contribution is 2.15. The van der Waals surface area contributed by atoms with Crippen LogP contribution in [0.1, 0.15) is 39.8 Å². The maximum absolute atomic E-state index is 12.2. The van der Waals surface area contributed by atoms with Gasteiger partial charge in [0.25, 0.3) is 0 Å². The first kappa shape index (κ1) is 17.2. The Bertz CT molecular complexity index is 506. The maximum atomic E-state index is 12.2. The van der Waals surface area contributed by atoms with Crippen molar-refractivity contribution in [3.05, 3.63) is 18.0 Å². The van der Waals surface area contributed by atoms with Gasteiger partial charge in [-0.3, -0.25) is 0 Å². The molecule has 5 nitrogen and oxygen atoms in total. The zero-order chi connectivity index (χ0) is 15.2. The van der Waals surface area contributed by atoms with Gasteiger partial charge in [-0.25, -0.2) is 13.1 Å². The molecular formula is C14H27N3O2S. The number of sulfonamides is 1. The molecule has 0 unspecified atom stereocenters.